The first-order chi connectivity index (χ1) is 9.24. The Bertz CT molecular complexity index is 284. The third-order valence-corrected chi connectivity index (χ3v) is 3.57. The maximum Gasteiger partial charge on any atom is 0.222 e. The van der Waals surface area contributed by atoms with Crippen molar-refractivity contribution >= 4 is 11.6 Å². The molecule has 1 fully saturated rings. The highest BCUT2D eigenvalue weighted by molar-refractivity contribution is 5.80. The number of carbonyl (C=O) groups excluding carboxylic acids is 1. The van der Waals surface area contributed by atoms with Gasteiger partial charge >= 0.3 is 0 Å². The third-order valence-electron chi connectivity index (χ3n) is 3.57. The van der Waals surface area contributed by atoms with Crippen molar-refractivity contribution in [1.29, 1.82) is 0 Å². The van der Waals surface area contributed by atoms with Crippen molar-refractivity contribution in [2.24, 2.45) is 5.16 Å². The maximum absolute atomic E-state index is 11.9. The van der Waals surface area contributed by atoms with Gasteiger partial charge in [-0.15, -0.1) is 0 Å². The summed E-state index contributed by atoms with van der Waals surface area (Å²) in [4.78, 5) is 19.1. The van der Waals surface area contributed by atoms with E-state index in [-0.39, 0.29) is 0 Å². The van der Waals surface area contributed by atoms with E-state index in [4.69, 9.17) is 4.84 Å². The van der Waals surface area contributed by atoms with E-state index in [0.717, 1.165) is 44.5 Å². The third kappa shape index (κ3) is 7.19. The summed E-state index contributed by atoms with van der Waals surface area (Å²) in [5.74, 6) is 0.334. The van der Waals surface area contributed by atoms with Crippen molar-refractivity contribution in [1.82, 2.24) is 4.90 Å². The SMILES string of the molecule is CC/C(C)=N/OCCCCCC(=O)N1CCCCC1. The van der Waals surface area contributed by atoms with E-state index in [2.05, 4.69) is 12.1 Å². The zero-order valence-electron chi connectivity index (χ0n) is 12.5. The van der Waals surface area contributed by atoms with E-state index >= 15 is 0 Å². The number of piperidine rings is 1. The Labute approximate surface area is 117 Å². The molecule has 1 aliphatic rings. The van der Waals surface area contributed by atoms with Crippen LogP contribution in [0.4, 0.5) is 0 Å². The van der Waals surface area contributed by atoms with Gasteiger partial charge < -0.3 is 9.74 Å². The standard InChI is InChI=1S/C15H28N2O2/c1-3-14(2)16-19-13-9-4-6-10-15(18)17-11-7-5-8-12-17/h3-13H2,1-2H3/b16-14+. The Hall–Kier alpha value is -1.06. The average molecular weight is 268 g/mol. The molecule has 1 aliphatic heterocycles. The Morgan fingerprint density at radius 2 is 1.89 bits per heavy atom. The number of oxime groups is 1. The topological polar surface area (TPSA) is 41.9 Å². The van der Waals surface area contributed by atoms with Crippen LogP contribution in [-0.4, -0.2) is 36.2 Å². The molecule has 4 nitrogen and oxygen atoms in total. The number of amides is 1. The van der Waals surface area contributed by atoms with Crippen molar-refractivity contribution in [3.05, 3.63) is 0 Å². The first-order valence-corrected chi connectivity index (χ1v) is 7.67. The average Bonchev–Trinajstić information content (AvgIpc) is 2.46. The second kappa shape index (κ2) is 9.82. The zero-order valence-corrected chi connectivity index (χ0v) is 12.5. The van der Waals surface area contributed by atoms with E-state index in [0.29, 0.717) is 18.9 Å². The second-order valence-electron chi connectivity index (χ2n) is 5.27. The lowest BCUT2D eigenvalue weighted by Crippen LogP contribution is -2.35. The molecule has 0 N–H and O–H groups in total. The smallest absolute Gasteiger partial charge is 0.222 e. The summed E-state index contributed by atoms with van der Waals surface area (Å²) in [5.41, 5.74) is 1.03. The van der Waals surface area contributed by atoms with Crippen LogP contribution in [0, 0.1) is 0 Å². The molecule has 0 aromatic carbocycles. The molecule has 19 heavy (non-hydrogen) atoms. The van der Waals surface area contributed by atoms with E-state index < -0.39 is 0 Å². The number of hydrogen-bond donors (Lipinski definition) is 0. The number of likely N-dealkylation sites (tertiary alicyclic amines) is 1. The summed E-state index contributed by atoms with van der Waals surface area (Å²) in [6, 6.07) is 0. The Morgan fingerprint density at radius 3 is 2.58 bits per heavy atom. The molecule has 0 atom stereocenters. The van der Waals surface area contributed by atoms with Gasteiger partial charge in [0, 0.05) is 19.5 Å². The number of hydrogen-bond acceptors (Lipinski definition) is 3. The van der Waals surface area contributed by atoms with E-state index in [1.54, 1.807) is 0 Å². The maximum atomic E-state index is 11.9. The van der Waals surface area contributed by atoms with Gasteiger partial charge in [-0.05, 0) is 51.9 Å². The molecule has 4 heteroatoms. The Morgan fingerprint density at radius 1 is 1.16 bits per heavy atom. The van der Waals surface area contributed by atoms with Crippen molar-refractivity contribution in [2.45, 2.75) is 65.2 Å². The summed E-state index contributed by atoms with van der Waals surface area (Å²) >= 11 is 0. The van der Waals surface area contributed by atoms with Crippen LogP contribution in [0.2, 0.25) is 0 Å². The van der Waals surface area contributed by atoms with Gasteiger partial charge in [-0.2, -0.15) is 0 Å². The molecule has 1 saturated heterocycles. The van der Waals surface area contributed by atoms with Crippen LogP contribution in [0.5, 0.6) is 0 Å². The van der Waals surface area contributed by atoms with Crippen LogP contribution in [-0.2, 0) is 9.63 Å². The quantitative estimate of drug-likeness (QED) is 0.385. The predicted molar refractivity (Wildman–Crippen MR) is 78.3 cm³/mol. The van der Waals surface area contributed by atoms with Crippen molar-refractivity contribution in [3.8, 4) is 0 Å². The fourth-order valence-electron chi connectivity index (χ4n) is 2.14. The van der Waals surface area contributed by atoms with Crippen molar-refractivity contribution in [2.75, 3.05) is 19.7 Å². The van der Waals surface area contributed by atoms with E-state index in [1.165, 1.54) is 19.3 Å². The fraction of sp³-hybridized carbons (Fsp3) is 0.867. The van der Waals surface area contributed by atoms with Gasteiger partial charge in [0.2, 0.25) is 5.91 Å². The number of unbranched alkanes of at least 4 members (excludes halogenated alkanes) is 2. The molecular formula is C15H28N2O2. The minimum atomic E-state index is 0.334. The number of nitrogens with zero attached hydrogens (tertiary/aromatic N) is 2. The van der Waals surface area contributed by atoms with Gasteiger partial charge in [-0.1, -0.05) is 12.1 Å². The van der Waals surface area contributed by atoms with Crippen LogP contribution >= 0.6 is 0 Å². The summed E-state index contributed by atoms with van der Waals surface area (Å²) < 4.78 is 0. The van der Waals surface area contributed by atoms with Gasteiger partial charge in [-0.25, -0.2) is 0 Å². The molecular weight excluding hydrogens is 240 g/mol. The summed E-state index contributed by atoms with van der Waals surface area (Å²) in [6.07, 6.45) is 8.24. The molecule has 110 valence electrons. The number of carbonyl (C=O) groups is 1. The Balaban J connectivity index is 1.96. The fourth-order valence-corrected chi connectivity index (χ4v) is 2.14. The predicted octanol–water partition coefficient (Wildman–Crippen LogP) is 3.36. The van der Waals surface area contributed by atoms with Crippen LogP contribution in [0.3, 0.4) is 0 Å². The highest BCUT2D eigenvalue weighted by Gasteiger charge is 2.15. The highest BCUT2D eigenvalue weighted by atomic mass is 16.6. The normalized spacial score (nSPS) is 16.5. The Kier molecular flexibility index (Phi) is 8.26. The van der Waals surface area contributed by atoms with Crippen LogP contribution < -0.4 is 0 Å². The lowest BCUT2D eigenvalue weighted by molar-refractivity contribution is -0.132. The summed E-state index contributed by atoms with van der Waals surface area (Å²) in [5, 5.41) is 3.99. The summed E-state index contributed by atoms with van der Waals surface area (Å²) in [7, 11) is 0. The van der Waals surface area contributed by atoms with Gasteiger partial charge in [0.25, 0.3) is 0 Å². The van der Waals surface area contributed by atoms with E-state index in [9.17, 15) is 4.79 Å². The van der Waals surface area contributed by atoms with Crippen LogP contribution in [0.15, 0.2) is 5.16 Å². The lowest BCUT2D eigenvalue weighted by atomic mass is 10.1. The van der Waals surface area contributed by atoms with Crippen LogP contribution in [0.1, 0.15) is 65.2 Å². The minimum Gasteiger partial charge on any atom is -0.396 e. The van der Waals surface area contributed by atoms with Crippen molar-refractivity contribution in [3.63, 3.8) is 0 Å². The minimum absolute atomic E-state index is 0.334. The molecule has 0 aromatic heterocycles. The lowest BCUT2D eigenvalue weighted by Gasteiger charge is -2.26. The van der Waals surface area contributed by atoms with Gasteiger partial charge in [0.05, 0.1) is 5.71 Å². The monoisotopic (exact) mass is 268 g/mol. The van der Waals surface area contributed by atoms with Gasteiger partial charge in [-0.3, -0.25) is 4.79 Å². The zero-order chi connectivity index (χ0) is 13.9. The molecule has 0 unspecified atom stereocenters. The summed E-state index contributed by atoms with van der Waals surface area (Å²) in [6.45, 7) is 6.63. The highest BCUT2D eigenvalue weighted by Crippen LogP contribution is 2.11. The molecule has 1 rings (SSSR count). The molecule has 0 saturated carbocycles. The molecule has 0 aromatic rings. The first-order valence-electron chi connectivity index (χ1n) is 7.67. The van der Waals surface area contributed by atoms with Crippen LogP contribution in [0.25, 0.3) is 0 Å². The molecule has 0 spiro atoms. The van der Waals surface area contributed by atoms with Gasteiger partial charge in [0.1, 0.15) is 6.61 Å². The molecule has 0 aliphatic carbocycles. The first kappa shape index (κ1) is 16.0. The molecule has 1 heterocycles. The molecule has 0 radical (unpaired) electrons. The second-order valence-corrected chi connectivity index (χ2v) is 5.27. The molecule has 1 amide bonds. The molecule has 0 bridgehead atoms. The number of rotatable bonds is 8. The van der Waals surface area contributed by atoms with Crippen molar-refractivity contribution < 1.29 is 9.63 Å². The van der Waals surface area contributed by atoms with Gasteiger partial charge in [0.15, 0.2) is 0 Å². The largest absolute Gasteiger partial charge is 0.396 e. The van der Waals surface area contributed by atoms with E-state index in [1.807, 2.05) is 11.8 Å².